The van der Waals surface area contributed by atoms with Gasteiger partial charge in [-0.2, -0.15) is 4.98 Å². The molecule has 5 heteroatoms. The van der Waals surface area contributed by atoms with Gasteiger partial charge in [0.25, 0.3) is 0 Å². The van der Waals surface area contributed by atoms with Gasteiger partial charge in [-0.3, -0.25) is 4.98 Å². The summed E-state index contributed by atoms with van der Waals surface area (Å²) in [7, 11) is 0. The minimum absolute atomic E-state index is 0.402. The van der Waals surface area contributed by atoms with Crippen molar-refractivity contribution in [3.63, 3.8) is 0 Å². The predicted molar refractivity (Wildman–Crippen MR) is 73.8 cm³/mol. The average Bonchev–Trinajstić information content (AvgIpc) is 2.97. The number of nitrogens with two attached hydrogens (primary N) is 1. The summed E-state index contributed by atoms with van der Waals surface area (Å²) in [6, 6.07) is 15.0. The van der Waals surface area contributed by atoms with E-state index in [2.05, 4.69) is 15.1 Å². The van der Waals surface area contributed by atoms with Crippen molar-refractivity contribution >= 4 is 0 Å². The molecule has 0 saturated heterocycles. The molecule has 0 aliphatic heterocycles. The van der Waals surface area contributed by atoms with Gasteiger partial charge in [0.2, 0.25) is 5.89 Å². The number of pyridine rings is 1. The van der Waals surface area contributed by atoms with Crippen molar-refractivity contribution in [2.24, 2.45) is 5.73 Å². The Morgan fingerprint density at radius 2 is 1.85 bits per heavy atom. The number of hydrogen-bond acceptors (Lipinski definition) is 5. The third-order valence-electron chi connectivity index (χ3n) is 2.97. The van der Waals surface area contributed by atoms with Crippen molar-refractivity contribution < 1.29 is 4.52 Å². The van der Waals surface area contributed by atoms with Gasteiger partial charge >= 0.3 is 0 Å². The summed E-state index contributed by atoms with van der Waals surface area (Å²) in [4.78, 5) is 8.57. The molecule has 0 amide bonds. The summed E-state index contributed by atoms with van der Waals surface area (Å²) in [6.45, 7) is 0. The SMILES string of the molecule is N[C@H](c1ccccc1)c1nc(Cc2ccccn2)no1. The number of aromatic nitrogens is 3. The van der Waals surface area contributed by atoms with E-state index in [1.807, 2.05) is 48.5 Å². The highest BCUT2D eigenvalue weighted by Crippen LogP contribution is 2.17. The standard InChI is InChI=1S/C15H14N4O/c16-14(11-6-2-1-3-7-11)15-18-13(19-20-15)10-12-8-4-5-9-17-12/h1-9,14H,10,16H2/t14-/m1/s1. The van der Waals surface area contributed by atoms with Crippen LogP contribution in [0.15, 0.2) is 59.3 Å². The molecule has 0 bridgehead atoms. The molecule has 0 aliphatic carbocycles. The lowest BCUT2D eigenvalue weighted by Gasteiger charge is -2.05. The van der Waals surface area contributed by atoms with Crippen LogP contribution >= 0.6 is 0 Å². The van der Waals surface area contributed by atoms with Crippen LogP contribution in [-0.4, -0.2) is 15.1 Å². The Morgan fingerprint density at radius 3 is 2.60 bits per heavy atom. The van der Waals surface area contributed by atoms with E-state index in [9.17, 15) is 0 Å². The Morgan fingerprint density at radius 1 is 1.05 bits per heavy atom. The second kappa shape index (κ2) is 5.63. The monoisotopic (exact) mass is 266 g/mol. The van der Waals surface area contributed by atoms with E-state index < -0.39 is 6.04 Å². The Bertz CT molecular complexity index is 667. The van der Waals surface area contributed by atoms with E-state index >= 15 is 0 Å². The number of benzene rings is 1. The number of nitrogens with zero attached hydrogens (tertiary/aromatic N) is 3. The Labute approximate surface area is 116 Å². The second-order valence-electron chi connectivity index (χ2n) is 4.44. The summed E-state index contributed by atoms with van der Waals surface area (Å²) < 4.78 is 5.24. The van der Waals surface area contributed by atoms with E-state index in [1.54, 1.807) is 6.20 Å². The van der Waals surface area contributed by atoms with Gasteiger partial charge in [0, 0.05) is 11.9 Å². The van der Waals surface area contributed by atoms with Gasteiger partial charge < -0.3 is 10.3 Å². The number of hydrogen-bond donors (Lipinski definition) is 1. The lowest BCUT2D eigenvalue weighted by Crippen LogP contribution is -2.12. The number of rotatable bonds is 4. The molecule has 3 aromatic rings. The van der Waals surface area contributed by atoms with Gasteiger partial charge in [0.1, 0.15) is 6.04 Å². The lowest BCUT2D eigenvalue weighted by atomic mass is 10.1. The maximum atomic E-state index is 6.11. The fourth-order valence-electron chi connectivity index (χ4n) is 1.93. The predicted octanol–water partition coefficient (Wildman–Crippen LogP) is 2.10. The molecule has 0 unspecified atom stereocenters. The zero-order valence-corrected chi connectivity index (χ0v) is 10.8. The minimum atomic E-state index is -0.402. The van der Waals surface area contributed by atoms with Crippen LogP contribution in [0.2, 0.25) is 0 Å². The van der Waals surface area contributed by atoms with Crippen molar-refractivity contribution in [3.8, 4) is 0 Å². The van der Waals surface area contributed by atoms with Crippen molar-refractivity contribution in [3.05, 3.63) is 77.7 Å². The van der Waals surface area contributed by atoms with Crippen LogP contribution in [0.3, 0.4) is 0 Å². The molecule has 0 fully saturated rings. The van der Waals surface area contributed by atoms with E-state index in [-0.39, 0.29) is 0 Å². The molecule has 1 aromatic carbocycles. The van der Waals surface area contributed by atoms with Crippen molar-refractivity contribution in [2.45, 2.75) is 12.5 Å². The molecular formula is C15H14N4O. The zero-order chi connectivity index (χ0) is 13.8. The van der Waals surface area contributed by atoms with Crippen LogP contribution in [-0.2, 0) is 6.42 Å². The first-order valence-corrected chi connectivity index (χ1v) is 6.36. The molecule has 0 aliphatic rings. The zero-order valence-electron chi connectivity index (χ0n) is 10.8. The largest absolute Gasteiger partial charge is 0.337 e. The summed E-state index contributed by atoms with van der Waals surface area (Å²) >= 11 is 0. The highest BCUT2D eigenvalue weighted by atomic mass is 16.5. The van der Waals surface area contributed by atoms with Gasteiger partial charge in [0.15, 0.2) is 5.82 Å². The molecule has 0 radical (unpaired) electrons. The molecule has 0 saturated carbocycles. The molecular weight excluding hydrogens is 252 g/mol. The molecule has 0 spiro atoms. The fourth-order valence-corrected chi connectivity index (χ4v) is 1.93. The topological polar surface area (TPSA) is 77.8 Å². The summed E-state index contributed by atoms with van der Waals surface area (Å²) in [5.41, 5.74) is 7.95. The first-order valence-electron chi connectivity index (χ1n) is 6.36. The second-order valence-corrected chi connectivity index (χ2v) is 4.44. The smallest absolute Gasteiger partial charge is 0.248 e. The minimum Gasteiger partial charge on any atom is -0.337 e. The lowest BCUT2D eigenvalue weighted by molar-refractivity contribution is 0.363. The van der Waals surface area contributed by atoms with Crippen molar-refractivity contribution in [1.29, 1.82) is 0 Å². The molecule has 20 heavy (non-hydrogen) atoms. The van der Waals surface area contributed by atoms with Gasteiger partial charge in [-0.25, -0.2) is 0 Å². The Balaban J connectivity index is 1.77. The third kappa shape index (κ3) is 2.73. The maximum Gasteiger partial charge on any atom is 0.248 e. The van der Waals surface area contributed by atoms with Gasteiger partial charge in [0.05, 0.1) is 6.42 Å². The first-order chi connectivity index (χ1) is 9.83. The maximum absolute atomic E-state index is 6.11. The summed E-state index contributed by atoms with van der Waals surface area (Å²) in [5, 5.41) is 3.95. The molecule has 5 nitrogen and oxygen atoms in total. The highest BCUT2D eigenvalue weighted by molar-refractivity contribution is 5.23. The molecule has 2 aromatic heterocycles. The summed E-state index contributed by atoms with van der Waals surface area (Å²) in [5.74, 6) is 1.01. The Kier molecular flexibility index (Phi) is 3.52. The fraction of sp³-hybridized carbons (Fsp3) is 0.133. The van der Waals surface area contributed by atoms with Crippen LogP contribution in [0, 0.1) is 0 Å². The van der Waals surface area contributed by atoms with E-state index in [0.717, 1.165) is 11.3 Å². The molecule has 2 N–H and O–H groups in total. The van der Waals surface area contributed by atoms with Crippen LogP contribution < -0.4 is 5.73 Å². The first kappa shape index (κ1) is 12.5. The molecule has 3 rings (SSSR count). The Hall–Kier alpha value is -2.53. The quantitative estimate of drug-likeness (QED) is 0.782. The van der Waals surface area contributed by atoms with Crippen LogP contribution in [0.4, 0.5) is 0 Å². The van der Waals surface area contributed by atoms with Crippen LogP contribution in [0.5, 0.6) is 0 Å². The van der Waals surface area contributed by atoms with Crippen molar-refractivity contribution in [1.82, 2.24) is 15.1 Å². The van der Waals surface area contributed by atoms with E-state index in [0.29, 0.717) is 18.1 Å². The highest BCUT2D eigenvalue weighted by Gasteiger charge is 2.16. The van der Waals surface area contributed by atoms with Crippen molar-refractivity contribution in [2.75, 3.05) is 0 Å². The molecule has 100 valence electrons. The van der Waals surface area contributed by atoms with Gasteiger partial charge in [-0.1, -0.05) is 41.6 Å². The average molecular weight is 266 g/mol. The van der Waals surface area contributed by atoms with Crippen LogP contribution in [0.25, 0.3) is 0 Å². The third-order valence-corrected chi connectivity index (χ3v) is 2.97. The summed E-state index contributed by atoms with van der Waals surface area (Å²) in [6.07, 6.45) is 2.28. The molecule has 2 heterocycles. The van der Waals surface area contributed by atoms with E-state index in [4.69, 9.17) is 10.3 Å². The van der Waals surface area contributed by atoms with E-state index in [1.165, 1.54) is 0 Å². The molecule has 1 atom stereocenters. The van der Waals surface area contributed by atoms with Gasteiger partial charge in [-0.15, -0.1) is 0 Å². The van der Waals surface area contributed by atoms with Crippen LogP contribution in [0.1, 0.15) is 29.0 Å². The normalized spacial score (nSPS) is 12.2. The van der Waals surface area contributed by atoms with Gasteiger partial charge in [-0.05, 0) is 17.7 Å².